The monoisotopic (exact) mass is 347 g/mol. The molecule has 2 aromatic carbocycles. The van der Waals surface area contributed by atoms with Crippen LogP contribution in [0.2, 0.25) is 20.1 Å². The van der Waals surface area contributed by atoms with Crippen LogP contribution in [0.25, 0.3) is 0 Å². The minimum absolute atomic E-state index is 0.107. The largest absolute Gasteiger partial charge is 0.396 e. The van der Waals surface area contributed by atoms with Gasteiger partial charge in [0.2, 0.25) is 0 Å². The van der Waals surface area contributed by atoms with E-state index in [1.165, 1.54) is 12.1 Å². The van der Waals surface area contributed by atoms with Crippen LogP contribution in [0, 0.1) is 0 Å². The number of ketones is 1. The number of hydrogen-bond donors (Lipinski definition) is 1. The van der Waals surface area contributed by atoms with Gasteiger partial charge in [-0.05, 0) is 35.9 Å². The van der Waals surface area contributed by atoms with Crippen LogP contribution in [0.5, 0.6) is 0 Å². The lowest BCUT2D eigenvalue weighted by Crippen LogP contribution is -2.05. The van der Waals surface area contributed by atoms with Crippen molar-refractivity contribution in [2.24, 2.45) is 0 Å². The third-order valence-corrected chi connectivity index (χ3v) is 3.99. The molecule has 0 atom stereocenters. The molecule has 0 amide bonds. The summed E-state index contributed by atoms with van der Waals surface area (Å²) in [5.41, 5.74) is 6.92. The van der Waals surface area contributed by atoms with Crippen LogP contribution in [0.4, 0.5) is 5.69 Å². The van der Waals surface area contributed by atoms with Crippen molar-refractivity contribution in [2.45, 2.75) is 6.42 Å². The van der Waals surface area contributed by atoms with Crippen molar-refractivity contribution in [2.75, 3.05) is 5.73 Å². The minimum atomic E-state index is -0.169. The van der Waals surface area contributed by atoms with Gasteiger partial charge in [0.25, 0.3) is 0 Å². The predicted molar refractivity (Wildman–Crippen MR) is 85.4 cm³/mol. The van der Waals surface area contributed by atoms with Crippen molar-refractivity contribution in [1.29, 1.82) is 0 Å². The van der Waals surface area contributed by atoms with Crippen molar-refractivity contribution in [3.63, 3.8) is 0 Å². The minimum Gasteiger partial charge on any atom is -0.396 e. The van der Waals surface area contributed by atoms with Crippen LogP contribution >= 0.6 is 46.4 Å². The quantitative estimate of drug-likeness (QED) is 0.603. The maximum absolute atomic E-state index is 12.2. The first-order valence-electron chi connectivity index (χ1n) is 5.60. The molecule has 0 aliphatic heterocycles. The first-order chi connectivity index (χ1) is 9.38. The van der Waals surface area contributed by atoms with Crippen LogP contribution in [0.1, 0.15) is 15.9 Å². The molecule has 2 N–H and O–H groups in total. The molecule has 0 unspecified atom stereocenters. The summed E-state index contributed by atoms with van der Waals surface area (Å²) in [6.45, 7) is 0. The summed E-state index contributed by atoms with van der Waals surface area (Å²) >= 11 is 23.7. The molecule has 0 aliphatic rings. The molecule has 0 saturated carbocycles. The summed E-state index contributed by atoms with van der Waals surface area (Å²) in [7, 11) is 0. The molecule has 0 aromatic heterocycles. The number of halogens is 4. The summed E-state index contributed by atoms with van der Waals surface area (Å²) in [4.78, 5) is 12.2. The molecule has 2 nitrogen and oxygen atoms in total. The maximum Gasteiger partial charge on any atom is 0.167 e. The molecule has 0 saturated heterocycles. The molecule has 0 fully saturated rings. The number of benzene rings is 2. The molecule has 0 spiro atoms. The third-order valence-electron chi connectivity index (χ3n) is 2.76. The van der Waals surface area contributed by atoms with Gasteiger partial charge < -0.3 is 5.73 Å². The van der Waals surface area contributed by atoms with Gasteiger partial charge in [-0.15, -0.1) is 0 Å². The average Bonchev–Trinajstić information content (AvgIpc) is 2.39. The van der Waals surface area contributed by atoms with Gasteiger partial charge in [0.15, 0.2) is 5.78 Å². The zero-order chi connectivity index (χ0) is 14.9. The zero-order valence-electron chi connectivity index (χ0n) is 10.1. The van der Waals surface area contributed by atoms with E-state index in [2.05, 4.69) is 0 Å². The number of rotatable bonds is 3. The molecular formula is C14H9Cl4NO. The number of Topliss-reactive ketones (excluding diaryl/α,β-unsaturated/α-hetero) is 1. The molecule has 0 radical (unpaired) electrons. The van der Waals surface area contributed by atoms with E-state index < -0.39 is 0 Å². The molecule has 104 valence electrons. The highest BCUT2D eigenvalue weighted by molar-refractivity contribution is 6.39. The molecule has 0 aliphatic carbocycles. The van der Waals surface area contributed by atoms with E-state index in [9.17, 15) is 4.79 Å². The average molecular weight is 349 g/mol. The molecule has 0 heterocycles. The number of anilines is 1. The van der Waals surface area contributed by atoms with E-state index in [1.54, 1.807) is 18.2 Å². The number of carbonyl (C=O) groups is 1. The van der Waals surface area contributed by atoms with Crippen LogP contribution in [0.15, 0.2) is 30.3 Å². The van der Waals surface area contributed by atoms with Gasteiger partial charge in [0, 0.05) is 22.0 Å². The van der Waals surface area contributed by atoms with Gasteiger partial charge in [-0.1, -0.05) is 46.4 Å². The normalized spacial score (nSPS) is 10.6. The lowest BCUT2D eigenvalue weighted by Gasteiger charge is -2.07. The maximum atomic E-state index is 12.2. The van der Waals surface area contributed by atoms with Crippen LogP contribution < -0.4 is 5.73 Å². The van der Waals surface area contributed by atoms with Gasteiger partial charge >= 0.3 is 0 Å². The van der Waals surface area contributed by atoms with E-state index in [1.807, 2.05) is 0 Å². The van der Waals surface area contributed by atoms with Gasteiger partial charge in [0.05, 0.1) is 15.7 Å². The fraction of sp³-hybridized carbons (Fsp3) is 0.0714. The Hall–Kier alpha value is -0.930. The Bertz CT molecular complexity index is 662. The van der Waals surface area contributed by atoms with Crippen molar-refractivity contribution in [3.05, 3.63) is 61.5 Å². The van der Waals surface area contributed by atoms with E-state index in [0.717, 1.165) is 0 Å². The number of carbonyl (C=O) groups excluding carboxylic acids is 1. The lowest BCUT2D eigenvalue weighted by molar-refractivity contribution is 0.0993. The van der Waals surface area contributed by atoms with Gasteiger partial charge in [-0.2, -0.15) is 0 Å². The fourth-order valence-electron chi connectivity index (χ4n) is 1.70. The summed E-state index contributed by atoms with van der Waals surface area (Å²) in [5.74, 6) is -0.169. The predicted octanol–water partition coefficient (Wildman–Crippen LogP) is 5.31. The first kappa shape index (κ1) is 15.5. The van der Waals surface area contributed by atoms with Crippen molar-refractivity contribution < 1.29 is 4.79 Å². The van der Waals surface area contributed by atoms with E-state index in [-0.39, 0.29) is 27.9 Å². The molecule has 6 heteroatoms. The third kappa shape index (κ3) is 3.39. The Balaban J connectivity index is 2.31. The van der Waals surface area contributed by atoms with E-state index in [0.29, 0.717) is 21.2 Å². The smallest absolute Gasteiger partial charge is 0.167 e. The molecule has 2 rings (SSSR count). The second-order valence-corrected chi connectivity index (χ2v) is 5.85. The van der Waals surface area contributed by atoms with Gasteiger partial charge in [0.1, 0.15) is 0 Å². The molecule has 2 aromatic rings. The number of hydrogen-bond acceptors (Lipinski definition) is 2. The van der Waals surface area contributed by atoms with Crippen molar-refractivity contribution in [1.82, 2.24) is 0 Å². The van der Waals surface area contributed by atoms with Crippen LogP contribution in [-0.4, -0.2) is 5.78 Å². The zero-order valence-corrected chi connectivity index (χ0v) is 13.1. The fourth-order valence-corrected chi connectivity index (χ4v) is 2.57. The van der Waals surface area contributed by atoms with E-state index >= 15 is 0 Å². The van der Waals surface area contributed by atoms with Crippen molar-refractivity contribution >= 4 is 57.9 Å². The topological polar surface area (TPSA) is 43.1 Å². The highest BCUT2D eigenvalue weighted by Gasteiger charge is 2.13. The van der Waals surface area contributed by atoms with Gasteiger partial charge in [-0.3, -0.25) is 4.79 Å². The van der Waals surface area contributed by atoms with Gasteiger partial charge in [-0.25, -0.2) is 0 Å². The molecule has 20 heavy (non-hydrogen) atoms. The highest BCUT2D eigenvalue weighted by atomic mass is 35.5. The SMILES string of the molecule is Nc1c(Cl)cc(C(=O)Cc2cc(Cl)ccc2Cl)cc1Cl. The molecular weight excluding hydrogens is 340 g/mol. The number of nitrogens with two attached hydrogens (primary N) is 1. The molecule has 0 bridgehead atoms. The second kappa shape index (κ2) is 6.23. The highest BCUT2D eigenvalue weighted by Crippen LogP contribution is 2.30. The second-order valence-electron chi connectivity index (χ2n) is 4.19. The van der Waals surface area contributed by atoms with E-state index in [4.69, 9.17) is 52.1 Å². The Morgan fingerprint density at radius 1 is 0.950 bits per heavy atom. The standard InChI is InChI=1S/C14H9Cl4NO/c15-9-1-2-10(16)7(3-9)6-13(20)8-4-11(17)14(19)12(18)5-8/h1-5H,6,19H2. The summed E-state index contributed by atoms with van der Waals surface area (Å²) in [5, 5.41) is 1.50. The lowest BCUT2D eigenvalue weighted by atomic mass is 10.0. The Morgan fingerprint density at radius 2 is 1.55 bits per heavy atom. The number of nitrogen functional groups attached to an aromatic ring is 1. The summed E-state index contributed by atoms with van der Waals surface area (Å²) in [6, 6.07) is 7.94. The van der Waals surface area contributed by atoms with Crippen LogP contribution in [0.3, 0.4) is 0 Å². The Labute approximate surface area is 136 Å². The first-order valence-corrected chi connectivity index (χ1v) is 7.11. The van der Waals surface area contributed by atoms with Crippen molar-refractivity contribution in [3.8, 4) is 0 Å². The Morgan fingerprint density at radius 3 is 2.15 bits per heavy atom. The Kier molecular flexibility index (Phi) is 4.82. The summed E-state index contributed by atoms with van der Waals surface area (Å²) < 4.78 is 0. The summed E-state index contributed by atoms with van der Waals surface area (Å²) in [6.07, 6.45) is 0.107. The van der Waals surface area contributed by atoms with Crippen LogP contribution in [-0.2, 0) is 6.42 Å².